The van der Waals surface area contributed by atoms with Gasteiger partial charge in [0.1, 0.15) is 5.75 Å². The van der Waals surface area contributed by atoms with Crippen LogP contribution in [-0.2, 0) is 6.42 Å². The highest BCUT2D eigenvalue weighted by Gasteiger charge is 2.20. The van der Waals surface area contributed by atoms with E-state index >= 15 is 0 Å². The largest absolute Gasteiger partial charge is 0.497 e. The topological polar surface area (TPSA) is 59.5 Å². The zero-order chi connectivity index (χ0) is 16.8. The molecule has 2 rings (SSSR count). The molecule has 1 aromatic carbocycles. The molecule has 0 fully saturated rings. The summed E-state index contributed by atoms with van der Waals surface area (Å²) in [6, 6.07) is 5.22. The minimum absolute atomic E-state index is 0.0698. The van der Waals surface area contributed by atoms with Crippen LogP contribution in [0.1, 0.15) is 39.6 Å². The van der Waals surface area contributed by atoms with Crippen LogP contribution in [0.25, 0.3) is 0 Å². The van der Waals surface area contributed by atoms with E-state index in [2.05, 4.69) is 4.98 Å². The zero-order valence-electron chi connectivity index (χ0n) is 13.5. The highest BCUT2D eigenvalue weighted by Crippen LogP contribution is 2.21. The van der Waals surface area contributed by atoms with Crippen LogP contribution in [0.5, 0.6) is 5.75 Å². The van der Waals surface area contributed by atoms with E-state index in [1.165, 1.54) is 11.3 Å². The highest BCUT2D eigenvalue weighted by molar-refractivity contribution is 7.11. The fraction of sp³-hybridized carbons (Fsp3) is 0.353. The van der Waals surface area contributed by atoms with Gasteiger partial charge in [0.25, 0.3) is 5.91 Å². The number of benzene rings is 1. The molecule has 0 aliphatic rings. The summed E-state index contributed by atoms with van der Waals surface area (Å²) in [4.78, 5) is 30.8. The van der Waals surface area contributed by atoms with Gasteiger partial charge < -0.3 is 9.64 Å². The molecular formula is C17H20N2O3S. The van der Waals surface area contributed by atoms with Crippen molar-refractivity contribution in [2.24, 2.45) is 0 Å². The van der Waals surface area contributed by atoms with E-state index in [1.807, 2.05) is 13.8 Å². The van der Waals surface area contributed by atoms with Crippen molar-refractivity contribution in [3.8, 4) is 5.75 Å². The highest BCUT2D eigenvalue weighted by atomic mass is 32.1. The number of rotatable bonds is 7. The lowest BCUT2D eigenvalue weighted by Crippen LogP contribution is -2.31. The van der Waals surface area contributed by atoms with E-state index in [4.69, 9.17) is 4.74 Å². The fourth-order valence-electron chi connectivity index (χ4n) is 2.34. The average Bonchev–Trinajstić information content (AvgIpc) is 3.10. The van der Waals surface area contributed by atoms with Gasteiger partial charge in [-0.05, 0) is 37.6 Å². The van der Waals surface area contributed by atoms with Crippen molar-refractivity contribution >= 4 is 23.0 Å². The quantitative estimate of drug-likeness (QED) is 0.731. The number of carbonyl (C=O) groups excluding carboxylic acids is 2. The minimum atomic E-state index is -0.0955. The number of ketones is 1. The molecule has 5 nitrogen and oxygen atoms in total. The second-order valence-corrected chi connectivity index (χ2v) is 5.83. The van der Waals surface area contributed by atoms with E-state index in [0.717, 1.165) is 0 Å². The number of aromatic nitrogens is 1. The molecule has 0 radical (unpaired) electrons. The number of thiazole rings is 1. The summed E-state index contributed by atoms with van der Waals surface area (Å²) >= 11 is 1.30. The minimum Gasteiger partial charge on any atom is -0.497 e. The molecule has 6 heteroatoms. The van der Waals surface area contributed by atoms with Crippen molar-refractivity contribution in [1.29, 1.82) is 0 Å². The first-order chi connectivity index (χ1) is 11.1. The summed E-state index contributed by atoms with van der Waals surface area (Å²) < 4.78 is 5.23. The Morgan fingerprint density at radius 1 is 1.26 bits per heavy atom. The molecule has 0 atom stereocenters. The van der Waals surface area contributed by atoms with Gasteiger partial charge in [0.2, 0.25) is 0 Å². The molecule has 0 aliphatic heterocycles. The van der Waals surface area contributed by atoms with Gasteiger partial charge in [-0.1, -0.05) is 0 Å². The van der Waals surface area contributed by atoms with Gasteiger partial charge in [0.05, 0.1) is 7.11 Å². The first-order valence-corrected chi connectivity index (χ1v) is 8.37. The van der Waals surface area contributed by atoms with Crippen LogP contribution in [0.15, 0.2) is 29.8 Å². The van der Waals surface area contributed by atoms with E-state index in [0.29, 0.717) is 35.0 Å². The summed E-state index contributed by atoms with van der Waals surface area (Å²) in [6.45, 7) is 5.12. The van der Waals surface area contributed by atoms with Crippen LogP contribution in [0.4, 0.5) is 0 Å². The Bertz CT molecular complexity index is 679. The van der Waals surface area contributed by atoms with Gasteiger partial charge in [-0.2, -0.15) is 0 Å². The summed E-state index contributed by atoms with van der Waals surface area (Å²) in [5, 5.41) is 2.22. The van der Waals surface area contributed by atoms with Gasteiger partial charge in [-0.15, -0.1) is 11.3 Å². The molecule has 1 amide bonds. The van der Waals surface area contributed by atoms with Gasteiger partial charge in [-0.25, -0.2) is 4.98 Å². The van der Waals surface area contributed by atoms with Crippen LogP contribution in [0.3, 0.4) is 0 Å². The summed E-state index contributed by atoms with van der Waals surface area (Å²) in [5.74, 6) is 0.462. The second-order valence-electron chi connectivity index (χ2n) is 4.94. The van der Waals surface area contributed by atoms with Crippen molar-refractivity contribution in [1.82, 2.24) is 9.88 Å². The van der Waals surface area contributed by atoms with Crippen molar-refractivity contribution in [2.75, 3.05) is 20.2 Å². The number of ether oxygens (including phenoxy) is 1. The molecule has 1 heterocycles. The first kappa shape index (κ1) is 17.1. The predicted molar refractivity (Wildman–Crippen MR) is 90.4 cm³/mol. The molecule has 1 aromatic heterocycles. The summed E-state index contributed by atoms with van der Waals surface area (Å²) in [5.41, 5.74) is 1.21. The first-order valence-electron chi connectivity index (χ1n) is 7.49. The monoisotopic (exact) mass is 332 g/mol. The Labute approximate surface area is 139 Å². The number of hydrogen-bond donors (Lipinski definition) is 0. The molecule has 0 saturated carbocycles. The van der Waals surface area contributed by atoms with Gasteiger partial charge in [0, 0.05) is 36.7 Å². The normalized spacial score (nSPS) is 10.4. The van der Waals surface area contributed by atoms with Crippen molar-refractivity contribution < 1.29 is 14.3 Å². The van der Waals surface area contributed by atoms with Crippen molar-refractivity contribution in [3.05, 3.63) is 45.9 Å². The lowest BCUT2D eigenvalue weighted by molar-refractivity contribution is 0.0772. The molecule has 23 heavy (non-hydrogen) atoms. The Morgan fingerprint density at radius 3 is 2.57 bits per heavy atom. The lowest BCUT2D eigenvalue weighted by Gasteiger charge is -2.20. The van der Waals surface area contributed by atoms with E-state index in [9.17, 15) is 9.59 Å². The molecule has 0 bridgehead atoms. The Kier molecular flexibility index (Phi) is 5.87. The average molecular weight is 332 g/mol. The molecule has 122 valence electrons. The van der Waals surface area contributed by atoms with Crippen molar-refractivity contribution in [2.45, 2.75) is 20.3 Å². The molecule has 2 aromatic rings. The maximum Gasteiger partial charge on any atom is 0.254 e. The number of amides is 1. The smallest absolute Gasteiger partial charge is 0.254 e. The lowest BCUT2D eigenvalue weighted by atomic mass is 10.0. The van der Waals surface area contributed by atoms with Crippen LogP contribution < -0.4 is 4.74 Å². The van der Waals surface area contributed by atoms with Crippen molar-refractivity contribution in [3.63, 3.8) is 0 Å². The van der Waals surface area contributed by atoms with Crippen LogP contribution in [-0.4, -0.2) is 41.8 Å². The third-order valence-corrected chi connectivity index (χ3v) is 4.43. The van der Waals surface area contributed by atoms with Gasteiger partial charge in [-0.3, -0.25) is 9.59 Å². The van der Waals surface area contributed by atoms with Gasteiger partial charge in [0.15, 0.2) is 10.8 Å². The Hall–Kier alpha value is -2.21. The maximum absolute atomic E-state index is 12.7. The van der Waals surface area contributed by atoms with Crippen LogP contribution in [0, 0.1) is 0 Å². The van der Waals surface area contributed by atoms with E-state index in [1.54, 1.807) is 41.8 Å². The van der Waals surface area contributed by atoms with Gasteiger partial charge >= 0.3 is 0 Å². The molecule has 0 N–H and O–H groups in total. The summed E-state index contributed by atoms with van der Waals surface area (Å²) in [6.07, 6.45) is 1.73. The van der Waals surface area contributed by atoms with E-state index < -0.39 is 0 Å². The predicted octanol–water partition coefficient (Wildman–Crippen LogP) is 3.06. The number of Topliss-reactive ketones (excluding diaryl/α,β-unsaturated/α-hetero) is 1. The Morgan fingerprint density at radius 2 is 2.00 bits per heavy atom. The number of nitrogens with zero attached hydrogens (tertiary/aromatic N) is 2. The maximum atomic E-state index is 12.7. The van der Waals surface area contributed by atoms with Crippen LogP contribution in [0.2, 0.25) is 0 Å². The fourth-order valence-corrected chi connectivity index (χ4v) is 2.92. The summed E-state index contributed by atoms with van der Waals surface area (Å²) in [7, 11) is 1.56. The van der Waals surface area contributed by atoms with Crippen LogP contribution >= 0.6 is 11.3 Å². The molecular weight excluding hydrogens is 312 g/mol. The molecule has 0 aliphatic carbocycles. The number of methoxy groups -OCH3 is 1. The molecule has 0 saturated heterocycles. The molecule has 0 spiro atoms. The third-order valence-electron chi connectivity index (χ3n) is 3.62. The Balaban J connectivity index is 2.35. The SMILES string of the molecule is CCN(CC)C(=O)c1ccc(OC)cc1CC(=O)c1nccs1. The third kappa shape index (κ3) is 3.96. The zero-order valence-corrected chi connectivity index (χ0v) is 14.4. The number of hydrogen-bond acceptors (Lipinski definition) is 5. The second kappa shape index (κ2) is 7.87. The standard InChI is InChI=1S/C17H20N2O3S/c1-4-19(5-2)17(21)14-7-6-13(22-3)10-12(14)11-15(20)16-18-8-9-23-16/h6-10H,4-5,11H2,1-3H3. The van der Waals surface area contributed by atoms with E-state index in [-0.39, 0.29) is 18.1 Å². The number of carbonyl (C=O) groups is 2. The molecule has 0 unspecified atom stereocenters.